The van der Waals surface area contributed by atoms with Crippen LogP contribution in [-0.4, -0.2) is 12.5 Å². The molecule has 106 valence electrons. The molecule has 0 saturated heterocycles. The molecule has 0 aliphatic rings. The molecule has 1 amide bonds. The zero-order valence-electron chi connectivity index (χ0n) is 10.8. The summed E-state index contributed by atoms with van der Waals surface area (Å²) in [6.07, 6.45) is 0. The van der Waals surface area contributed by atoms with E-state index in [-0.39, 0.29) is 12.5 Å². The molecule has 0 aliphatic carbocycles. The third-order valence-electron chi connectivity index (χ3n) is 2.53. The van der Waals surface area contributed by atoms with Crippen LogP contribution in [0, 0.1) is 11.3 Å². The van der Waals surface area contributed by atoms with Gasteiger partial charge in [-0.3, -0.25) is 4.79 Å². The molecule has 2 aromatic carbocycles. The van der Waals surface area contributed by atoms with E-state index < -0.39 is 0 Å². The Bertz CT molecular complexity index is 713. The first-order valence-corrected chi connectivity index (χ1v) is 7.13. The molecular formula is C15H10BrClN2O2. The molecule has 0 aliphatic heterocycles. The number of benzene rings is 2. The monoisotopic (exact) mass is 364 g/mol. The number of carbonyl (C=O) groups is 1. The first-order valence-electron chi connectivity index (χ1n) is 5.96. The standard InChI is InChI=1S/C15H10BrClN2O2/c16-11-4-5-14(10(6-11)8-18)21-9-15(20)19-13-3-1-2-12(17)7-13/h1-7H,9H2,(H,19,20). The van der Waals surface area contributed by atoms with E-state index in [1.165, 1.54) is 0 Å². The topological polar surface area (TPSA) is 62.1 Å². The van der Waals surface area contributed by atoms with E-state index in [1.54, 1.807) is 42.5 Å². The molecule has 2 aromatic rings. The first kappa shape index (κ1) is 15.4. The van der Waals surface area contributed by atoms with Gasteiger partial charge in [0.2, 0.25) is 0 Å². The number of hydrogen-bond acceptors (Lipinski definition) is 3. The van der Waals surface area contributed by atoms with Crippen LogP contribution < -0.4 is 10.1 Å². The molecule has 0 bridgehead atoms. The van der Waals surface area contributed by atoms with Crippen molar-refractivity contribution in [1.29, 1.82) is 5.26 Å². The highest BCUT2D eigenvalue weighted by atomic mass is 79.9. The van der Waals surface area contributed by atoms with Crippen molar-refractivity contribution in [3.8, 4) is 11.8 Å². The average molecular weight is 366 g/mol. The summed E-state index contributed by atoms with van der Waals surface area (Å²) in [7, 11) is 0. The van der Waals surface area contributed by atoms with Crippen molar-refractivity contribution in [2.45, 2.75) is 0 Å². The van der Waals surface area contributed by atoms with Crippen molar-refractivity contribution in [1.82, 2.24) is 0 Å². The first-order chi connectivity index (χ1) is 10.1. The second kappa shape index (κ2) is 7.11. The Morgan fingerprint density at radius 1 is 1.33 bits per heavy atom. The Balaban J connectivity index is 1.97. The molecule has 0 unspecified atom stereocenters. The van der Waals surface area contributed by atoms with Crippen molar-refractivity contribution < 1.29 is 9.53 Å². The summed E-state index contributed by atoms with van der Waals surface area (Å²) in [4.78, 5) is 11.8. The average Bonchev–Trinajstić information content (AvgIpc) is 2.45. The summed E-state index contributed by atoms with van der Waals surface area (Å²) < 4.78 is 6.13. The van der Waals surface area contributed by atoms with E-state index in [9.17, 15) is 4.79 Å². The van der Waals surface area contributed by atoms with Crippen LogP contribution in [0.5, 0.6) is 5.75 Å². The maximum absolute atomic E-state index is 11.8. The molecule has 0 atom stereocenters. The minimum Gasteiger partial charge on any atom is -0.482 e. The smallest absolute Gasteiger partial charge is 0.262 e. The molecule has 2 rings (SSSR count). The molecule has 0 aromatic heterocycles. The van der Waals surface area contributed by atoms with Gasteiger partial charge in [-0.25, -0.2) is 0 Å². The molecule has 4 nitrogen and oxygen atoms in total. The lowest BCUT2D eigenvalue weighted by molar-refractivity contribution is -0.118. The predicted molar refractivity (Wildman–Crippen MR) is 84.4 cm³/mol. The van der Waals surface area contributed by atoms with Gasteiger partial charge in [0.05, 0.1) is 5.56 Å². The van der Waals surface area contributed by atoms with Gasteiger partial charge in [-0.05, 0) is 36.4 Å². The van der Waals surface area contributed by atoms with E-state index in [0.29, 0.717) is 22.0 Å². The van der Waals surface area contributed by atoms with Gasteiger partial charge in [0, 0.05) is 15.2 Å². The van der Waals surface area contributed by atoms with Gasteiger partial charge < -0.3 is 10.1 Å². The molecule has 21 heavy (non-hydrogen) atoms. The lowest BCUT2D eigenvalue weighted by Gasteiger charge is -2.09. The number of anilines is 1. The summed E-state index contributed by atoms with van der Waals surface area (Å²) in [6.45, 7) is -0.192. The third-order valence-corrected chi connectivity index (χ3v) is 3.26. The van der Waals surface area contributed by atoms with Gasteiger partial charge in [0.1, 0.15) is 11.8 Å². The van der Waals surface area contributed by atoms with Gasteiger partial charge in [0.15, 0.2) is 6.61 Å². The number of carbonyl (C=O) groups excluding carboxylic acids is 1. The second-order valence-electron chi connectivity index (χ2n) is 4.10. The molecule has 0 saturated carbocycles. The molecule has 0 radical (unpaired) electrons. The Kier molecular flexibility index (Phi) is 5.20. The SMILES string of the molecule is N#Cc1cc(Br)ccc1OCC(=O)Nc1cccc(Cl)c1. The van der Waals surface area contributed by atoms with Crippen LogP contribution in [0.15, 0.2) is 46.9 Å². The fourth-order valence-corrected chi connectivity index (χ4v) is 2.17. The molecule has 0 fully saturated rings. The number of nitrogens with one attached hydrogen (secondary N) is 1. The minimum atomic E-state index is -0.330. The van der Waals surface area contributed by atoms with Crippen LogP contribution in [-0.2, 0) is 4.79 Å². The molecule has 1 N–H and O–H groups in total. The van der Waals surface area contributed by atoms with Crippen molar-refractivity contribution in [3.05, 3.63) is 57.5 Å². The van der Waals surface area contributed by atoms with Crippen LogP contribution in [0.1, 0.15) is 5.56 Å². The number of hydrogen-bond donors (Lipinski definition) is 1. The van der Waals surface area contributed by atoms with Crippen LogP contribution in [0.4, 0.5) is 5.69 Å². The number of nitriles is 1. The fraction of sp³-hybridized carbons (Fsp3) is 0.0667. The highest BCUT2D eigenvalue weighted by Crippen LogP contribution is 2.22. The predicted octanol–water partition coefficient (Wildman–Crippen LogP) is 3.99. The largest absolute Gasteiger partial charge is 0.482 e. The third kappa shape index (κ3) is 4.48. The van der Waals surface area contributed by atoms with Gasteiger partial charge >= 0.3 is 0 Å². The van der Waals surface area contributed by atoms with Crippen LogP contribution >= 0.6 is 27.5 Å². The van der Waals surface area contributed by atoms with Gasteiger partial charge in [-0.2, -0.15) is 5.26 Å². The fourth-order valence-electron chi connectivity index (χ4n) is 1.62. The van der Waals surface area contributed by atoms with E-state index in [4.69, 9.17) is 21.6 Å². The Hall–Kier alpha value is -2.03. The lowest BCUT2D eigenvalue weighted by Crippen LogP contribution is -2.20. The van der Waals surface area contributed by atoms with Gasteiger partial charge in [0.25, 0.3) is 5.91 Å². The van der Waals surface area contributed by atoms with Crippen LogP contribution in [0.3, 0.4) is 0 Å². The summed E-state index contributed by atoms with van der Waals surface area (Å²) >= 11 is 9.10. The number of nitrogens with zero attached hydrogens (tertiary/aromatic N) is 1. The normalized spacial score (nSPS) is 9.76. The maximum atomic E-state index is 11.8. The number of ether oxygens (including phenoxy) is 1. The Labute approximate surface area is 135 Å². The molecule has 0 spiro atoms. The van der Waals surface area contributed by atoms with E-state index in [2.05, 4.69) is 21.2 Å². The van der Waals surface area contributed by atoms with Crippen LogP contribution in [0.2, 0.25) is 5.02 Å². The summed E-state index contributed by atoms with van der Waals surface area (Å²) in [5, 5.41) is 12.2. The van der Waals surface area contributed by atoms with Crippen molar-refractivity contribution in [3.63, 3.8) is 0 Å². The van der Waals surface area contributed by atoms with Crippen molar-refractivity contribution >= 4 is 39.1 Å². The number of rotatable bonds is 4. The van der Waals surface area contributed by atoms with Crippen LogP contribution in [0.25, 0.3) is 0 Å². The molecule has 6 heteroatoms. The quantitative estimate of drug-likeness (QED) is 0.891. The Morgan fingerprint density at radius 3 is 2.86 bits per heavy atom. The van der Waals surface area contributed by atoms with E-state index >= 15 is 0 Å². The maximum Gasteiger partial charge on any atom is 0.262 e. The number of amides is 1. The number of halogens is 2. The lowest BCUT2D eigenvalue weighted by atomic mass is 10.2. The molecular weight excluding hydrogens is 356 g/mol. The highest BCUT2D eigenvalue weighted by molar-refractivity contribution is 9.10. The highest BCUT2D eigenvalue weighted by Gasteiger charge is 2.08. The second-order valence-corrected chi connectivity index (χ2v) is 5.45. The zero-order valence-corrected chi connectivity index (χ0v) is 13.1. The van der Waals surface area contributed by atoms with Gasteiger partial charge in [-0.15, -0.1) is 0 Å². The van der Waals surface area contributed by atoms with E-state index in [1.807, 2.05) is 6.07 Å². The summed E-state index contributed by atoms with van der Waals surface area (Å²) in [5.41, 5.74) is 0.951. The Morgan fingerprint density at radius 2 is 2.14 bits per heavy atom. The summed E-state index contributed by atoms with van der Waals surface area (Å²) in [6, 6.07) is 13.8. The minimum absolute atomic E-state index is 0.192. The molecule has 0 heterocycles. The van der Waals surface area contributed by atoms with E-state index in [0.717, 1.165) is 4.47 Å². The van der Waals surface area contributed by atoms with Crippen molar-refractivity contribution in [2.24, 2.45) is 0 Å². The van der Waals surface area contributed by atoms with Crippen molar-refractivity contribution in [2.75, 3.05) is 11.9 Å². The van der Waals surface area contributed by atoms with Gasteiger partial charge in [-0.1, -0.05) is 33.6 Å². The summed E-state index contributed by atoms with van der Waals surface area (Å²) in [5.74, 6) is 0.0334. The zero-order chi connectivity index (χ0) is 15.2.